The van der Waals surface area contributed by atoms with Crippen molar-refractivity contribution in [3.63, 3.8) is 0 Å². The van der Waals surface area contributed by atoms with Gasteiger partial charge in [0.1, 0.15) is 5.82 Å². The molecule has 3 heterocycles. The van der Waals surface area contributed by atoms with Crippen molar-refractivity contribution >= 4 is 0 Å². The highest BCUT2D eigenvalue weighted by Gasteiger charge is 2.24. The molecule has 1 saturated heterocycles. The van der Waals surface area contributed by atoms with Crippen LogP contribution in [0.15, 0.2) is 24.5 Å². The van der Waals surface area contributed by atoms with Crippen molar-refractivity contribution in [3.8, 4) is 28.6 Å². The number of fused-ring (bicyclic) bond motifs is 1. The lowest BCUT2D eigenvalue weighted by atomic mass is 10.1. The summed E-state index contributed by atoms with van der Waals surface area (Å²) in [6.07, 6.45) is 5.88. The Hall–Kier alpha value is -2.21. The van der Waals surface area contributed by atoms with Gasteiger partial charge < -0.3 is 23.5 Å². The molecule has 0 aliphatic carbocycles. The van der Waals surface area contributed by atoms with E-state index in [0.29, 0.717) is 23.3 Å². The molecule has 0 radical (unpaired) electrons. The highest BCUT2D eigenvalue weighted by molar-refractivity contribution is 5.67. The molecule has 6 heteroatoms. The van der Waals surface area contributed by atoms with E-state index in [4.69, 9.17) is 18.9 Å². The normalized spacial score (nSPS) is 17.7. The number of nitrogens with zero attached hydrogens (tertiary/aromatic N) is 2. The van der Waals surface area contributed by atoms with Crippen molar-refractivity contribution in [1.29, 1.82) is 0 Å². The minimum absolute atomic E-state index is 0.226. The lowest BCUT2D eigenvalue weighted by molar-refractivity contribution is 0.0700. The van der Waals surface area contributed by atoms with Gasteiger partial charge in [-0.2, -0.15) is 0 Å². The van der Waals surface area contributed by atoms with E-state index in [0.717, 1.165) is 37.4 Å². The fraction of sp³-hybridized carbons (Fsp3) is 0.438. The minimum atomic E-state index is 0.226. The molecule has 0 saturated carbocycles. The molecule has 1 aromatic carbocycles. The molecule has 0 N–H and O–H groups in total. The number of hydrogen-bond acceptors (Lipinski definition) is 5. The molecule has 1 aromatic heterocycles. The number of aromatic nitrogens is 2. The summed E-state index contributed by atoms with van der Waals surface area (Å²) >= 11 is 0. The van der Waals surface area contributed by atoms with Gasteiger partial charge in [-0.1, -0.05) is 0 Å². The maximum atomic E-state index is 5.51. The average Bonchev–Trinajstić information content (AvgIpc) is 3.23. The molecule has 0 atom stereocenters. The van der Waals surface area contributed by atoms with Crippen molar-refractivity contribution in [2.24, 2.45) is 0 Å². The maximum absolute atomic E-state index is 5.51. The molecule has 4 rings (SSSR count). The first kappa shape index (κ1) is 13.5. The van der Waals surface area contributed by atoms with Crippen molar-refractivity contribution in [2.75, 3.05) is 27.1 Å². The third-order valence-corrected chi connectivity index (χ3v) is 4.17. The predicted molar refractivity (Wildman–Crippen MR) is 79.4 cm³/mol. The molecule has 2 aliphatic heterocycles. The molecule has 0 spiro atoms. The summed E-state index contributed by atoms with van der Waals surface area (Å²) in [6.45, 7) is 1.82. The molecule has 22 heavy (non-hydrogen) atoms. The van der Waals surface area contributed by atoms with E-state index in [-0.39, 0.29) is 6.79 Å². The van der Waals surface area contributed by atoms with Crippen LogP contribution in [0.25, 0.3) is 11.4 Å². The Balaban J connectivity index is 1.75. The molecule has 0 amide bonds. The summed E-state index contributed by atoms with van der Waals surface area (Å²) in [5.74, 6) is 2.96. The second-order valence-corrected chi connectivity index (χ2v) is 5.41. The monoisotopic (exact) mass is 302 g/mol. The van der Waals surface area contributed by atoms with Crippen LogP contribution in [-0.4, -0.2) is 36.7 Å². The second kappa shape index (κ2) is 5.53. The van der Waals surface area contributed by atoms with E-state index >= 15 is 0 Å². The number of rotatable bonds is 3. The Morgan fingerprint density at radius 2 is 2.09 bits per heavy atom. The summed E-state index contributed by atoms with van der Waals surface area (Å²) < 4.78 is 24.0. The minimum Gasteiger partial charge on any atom is -0.493 e. The SMILES string of the molecule is COc1cc(-c2nccn2C2CCOCC2)cc2c1OCO2. The van der Waals surface area contributed by atoms with Gasteiger partial charge in [0, 0.05) is 37.2 Å². The number of methoxy groups -OCH3 is 1. The second-order valence-electron chi connectivity index (χ2n) is 5.41. The van der Waals surface area contributed by atoms with Crippen molar-refractivity contribution in [1.82, 2.24) is 9.55 Å². The highest BCUT2D eigenvalue weighted by Crippen LogP contribution is 2.44. The average molecular weight is 302 g/mol. The molecule has 0 bridgehead atoms. The molecular formula is C16H18N2O4. The molecule has 116 valence electrons. The Labute approximate surface area is 128 Å². The van der Waals surface area contributed by atoms with Crippen LogP contribution >= 0.6 is 0 Å². The van der Waals surface area contributed by atoms with Crippen LogP contribution in [0.2, 0.25) is 0 Å². The number of benzene rings is 1. The fourth-order valence-corrected chi connectivity index (χ4v) is 3.05. The van der Waals surface area contributed by atoms with Crippen LogP contribution in [0, 0.1) is 0 Å². The third-order valence-electron chi connectivity index (χ3n) is 4.17. The largest absolute Gasteiger partial charge is 0.493 e. The Kier molecular flexibility index (Phi) is 3.38. The van der Waals surface area contributed by atoms with Crippen LogP contribution in [-0.2, 0) is 4.74 Å². The van der Waals surface area contributed by atoms with E-state index in [1.165, 1.54) is 0 Å². The molecule has 2 aliphatic rings. The molecular weight excluding hydrogens is 284 g/mol. The first-order valence-electron chi connectivity index (χ1n) is 7.45. The van der Waals surface area contributed by atoms with E-state index in [1.807, 2.05) is 24.5 Å². The summed E-state index contributed by atoms with van der Waals surface area (Å²) in [7, 11) is 1.63. The summed E-state index contributed by atoms with van der Waals surface area (Å²) in [4.78, 5) is 4.53. The van der Waals surface area contributed by atoms with Crippen molar-refractivity contribution < 1.29 is 18.9 Å². The number of ether oxygens (including phenoxy) is 4. The molecule has 2 aromatic rings. The van der Waals surface area contributed by atoms with Gasteiger partial charge in [0.25, 0.3) is 0 Å². The van der Waals surface area contributed by atoms with E-state index in [2.05, 4.69) is 9.55 Å². The molecule has 1 fully saturated rings. The zero-order valence-electron chi connectivity index (χ0n) is 12.4. The molecule has 0 unspecified atom stereocenters. The van der Waals surface area contributed by atoms with Crippen LogP contribution < -0.4 is 14.2 Å². The fourth-order valence-electron chi connectivity index (χ4n) is 3.05. The van der Waals surface area contributed by atoms with Gasteiger partial charge in [0.15, 0.2) is 11.5 Å². The lowest BCUT2D eigenvalue weighted by Gasteiger charge is -2.25. The lowest BCUT2D eigenvalue weighted by Crippen LogP contribution is -2.19. The quantitative estimate of drug-likeness (QED) is 0.872. The van der Waals surface area contributed by atoms with Gasteiger partial charge in [-0.05, 0) is 25.0 Å². The third kappa shape index (κ3) is 2.20. The van der Waals surface area contributed by atoms with Gasteiger partial charge in [-0.3, -0.25) is 0 Å². The van der Waals surface area contributed by atoms with Gasteiger partial charge in [0.2, 0.25) is 12.5 Å². The molecule has 6 nitrogen and oxygen atoms in total. The topological polar surface area (TPSA) is 54.7 Å². The number of hydrogen-bond donors (Lipinski definition) is 0. The summed E-state index contributed by atoms with van der Waals surface area (Å²) in [5, 5.41) is 0. The van der Waals surface area contributed by atoms with Crippen LogP contribution in [0.5, 0.6) is 17.2 Å². The first-order valence-corrected chi connectivity index (χ1v) is 7.45. The van der Waals surface area contributed by atoms with Gasteiger partial charge in [0.05, 0.1) is 7.11 Å². The van der Waals surface area contributed by atoms with Crippen molar-refractivity contribution in [3.05, 3.63) is 24.5 Å². The van der Waals surface area contributed by atoms with Gasteiger partial charge in [-0.25, -0.2) is 4.98 Å². The maximum Gasteiger partial charge on any atom is 0.231 e. The van der Waals surface area contributed by atoms with Crippen molar-refractivity contribution in [2.45, 2.75) is 18.9 Å². The van der Waals surface area contributed by atoms with Gasteiger partial charge in [-0.15, -0.1) is 0 Å². The highest BCUT2D eigenvalue weighted by atomic mass is 16.7. The van der Waals surface area contributed by atoms with E-state index in [9.17, 15) is 0 Å². The van der Waals surface area contributed by atoms with Crippen LogP contribution in [0.1, 0.15) is 18.9 Å². The zero-order valence-corrected chi connectivity index (χ0v) is 12.4. The van der Waals surface area contributed by atoms with E-state index in [1.54, 1.807) is 7.11 Å². The van der Waals surface area contributed by atoms with Crippen LogP contribution in [0.3, 0.4) is 0 Å². The smallest absolute Gasteiger partial charge is 0.231 e. The standard InChI is InChI=1S/C16H18N2O4/c1-19-13-8-11(9-14-15(13)22-10-21-14)16-17-4-5-18(16)12-2-6-20-7-3-12/h4-5,8-9,12H,2-3,6-7,10H2,1H3. The Morgan fingerprint density at radius 3 is 2.91 bits per heavy atom. The summed E-state index contributed by atoms with van der Waals surface area (Å²) in [5.41, 5.74) is 0.970. The Morgan fingerprint density at radius 1 is 1.23 bits per heavy atom. The van der Waals surface area contributed by atoms with E-state index < -0.39 is 0 Å². The first-order chi connectivity index (χ1) is 10.9. The zero-order chi connectivity index (χ0) is 14.9. The predicted octanol–water partition coefficient (Wildman–Crippen LogP) is 2.64. The summed E-state index contributed by atoms with van der Waals surface area (Å²) in [6, 6.07) is 4.33. The Bertz CT molecular complexity index is 677. The van der Waals surface area contributed by atoms with Crippen LogP contribution in [0.4, 0.5) is 0 Å². The van der Waals surface area contributed by atoms with Gasteiger partial charge >= 0.3 is 0 Å². The number of imidazole rings is 1.